The van der Waals surface area contributed by atoms with E-state index in [1.807, 2.05) is 61.5 Å². The standard InChI is InChI=1S/C16H19NO2/c1-2-19-16-10-8-15(9-11-16)13-17(18)12-14-6-4-3-5-7-14/h3-11,18H,2,12-13H2,1H3. The highest BCUT2D eigenvalue weighted by molar-refractivity contribution is 5.27. The van der Waals surface area contributed by atoms with Crippen molar-refractivity contribution in [2.75, 3.05) is 6.61 Å². The highest BCUT2D eigenvalue weighted by Crippen LogP contribution is 2.14. The van der Waals surface area contributed by atoms with E-state index in [9.17, 15) is 5.21 Å². The van der Waals surface area contributed by atoms with Gasteiger partial charge in [0.05, 0.1) is 6.61 Å². The van der Waals surface area contributed by atoms with Crippen LogP contribution in [0.2, 0.25) is 0 Å². The van der Waals surface area contributed by atoms with Crippen LogP contribution in [0.3, 0.4) is 0 Å². The average molecular weight is 257 g/mol. The molecule has 0 aromatic heterocycles. The lowest BCUT2D eigenvalue weighted by Gasteiger charge is -2.15. The van der Waals surface area contributed by atoms with E-state index < -0.39 is 0 Å². The second-order valence-corrected chi connectivity index (χ2v) is 4.39. The molecule has 2 rings (SSSR count). The van der Waals surface area contributed by atoms with E-state index in [4.69, 9.17) is 4.74 Å². The quantitative estimate of drug-likeness (QED) is 0.804. The minimum atomic E-state index is 0.501. The summed E-state index contributed by atoms with van der Waals surface area (Å²) in [4.78, 5) is 0. The summed E-state index contributed by atoms with van der Waals surface area (Å²) >= 11 is 0. The van der Waals surface area contributed by atoms with E-state index in [1.165, 1.54) is 5.06 Å². The Morgan fingerprint density at radius 2 is 1.47 bits per heavy atom. The number of hydrogen-bond donors (Lipinski definition) is 1. The second-order valence-electron chi connectivity index (χ2n) is 4.39. The van der Waals surface area contributed by atoms with Gasteiger partial charge in [-0.15, -0.1) is 0 Å². The first-order valence-corrected chi connectivity index (χ1v) is 6.47. The first-order chi connectivity index (χ1) is 9.28. The van der Waals surface area contributed by atoms with Crippen LogP contribution in [-0.4, -0.2) is 16.9 Å². The summed E-state index contributed by atoms with van der Waals surface area (Å²) in [6, 6.07) is 17.7. The van der Waals surface area contributed by atoms with Crippen LogP contribution >= 0.6 is 0 Å². The third-order valence-electron chi connectivity index (χ3n) is 2.81. The maximum Gasteiger partial charge on any atom is 0.119 e. The van der Waals surface area contributed by atoms with Crippen molar-refractivity contribution in [3.63, 3.8) is 0 Å². The summed E-state index contributed by atoms with van der Waals surface area (Å²) in [5.41, 5.74) is 2.15. The predicted octanol–water partition coefficient (Wildman–Crippen LogP) is 3.48. The normalized spacial score (nSPS) is 10.7. The van der Waals surface area contributed by atoms with Crippen molar-refractivity contribution in [1.82, 2.24) is 5.06 Å². The molecule has 0 fully saturated rings. The van der Waals surface area contributed by atoms with Gasteiger partial charge >= 0.3 is 0 Å². The maximum absolute atomic E-state index is 9.93. The van der Waals surface area contributed by atoms with Crippen molar-refractivity contribution in [2.45, 2.75) is 20.0 Å². The van der Waals surface area contributed by atoms with Gasteiger partial charge in [-0.3, -0.25) is 0 Å². The van der Waals surface area contributed by atoms with Crippen LogP contribution in [-0.2, 0) is 13.1 Å². The summed E-state index contributed by atoms with van der Waals surface area (Å²) in [6.45, 7) is 3.65. The lowest BCUT2D eigenvalue weighted by Crippen LogP contribution is -2.17. The zero-order valence-electron chi connectivity index (χ0n) is 11.1. The molecule has 0 bridgehead atoms. The molecule has 3 heteroatoms. The van der Waals surface area contributed by atoms with Gasteiger partial charge in [0.25, 0.3) is 0 Å². The van der Waals surface area contributed by atoms with Gasteiger partial charge in [-0.1, -0.05) is 42.5 Å². The van der Waals surface area contributed by atoms with Gasteiger partial charge in [0.2, 0.25) is 0 Å². The van der Waals surface area contributed by atoms with Crippen molar-refractivity contribution in [2.24, 2.45) is 0 Å². The van der Waals surface area contributed by atoms with E-state index in [1.54, 1.807) is 0 Å². The Balaban J connectivity index is 1.89. The number of rotatable bonds is 6. The topological polar surface area (TPSA) is 32.7 Å². The fraction of sp³-hybridized carbons (Fsp3) is 0.250. The van der Waals surface area contributed by atoms with Gasteiger partial charge in [-0.2, -0.15) is 5.06 Å². The Labute approximate surface area is 114 Å². The third kappa shape index (κ3) is 4.39. The van der Waals surface area contributed by atoms with Crippen molar-refractivity contribution in [3.05, 3.63) is 65.7 Å². The fourth-order valence-corrected chi connectivity index (χ4v) is 1.92. The molecule has 0 aliphatic heterocycles. The van der Waals surface area contributed by atoms with Gasteiger partial charge in [0.15, 0.2) is 0 Å². The minimum absolute atomic E-state index is 0.501. The molecule has 2 aromatic rings. The molecular weight excluding hydrogens is 238 g/mol. The lowest BCUT2D eigenvalue weighted by atomic mass is 10.2. The van der Waals surface area contributed by atoms with Crippen LogP contribution in [0.15, 0.2) is 54.6 Å². The number of hydroxylamine groups is 2. The second kappa shape index (κ2) is 6.92. The Bertz CT molecular complexity index is 482. The van der Waals surface area contributed by atoms with E-state index >= 15 is 0 Å². The van der Waals surface area contributed by atoms with Crippen LogP contribution in [0, 0.1) is 0 Å². The van der Waals surface area contributed by atoms with Crippen molar-refractivity contribution in [1.29, 1.82) is 0 Å². The van der Waals surface area contributed by atoms with Crippen molar-refractivity contribution < 1.29 is 9.94 Å². The van der Waals surface area contributed by atoms with Crippen LogP contribution < -0.4 is 4.74 Å². The predicted molar refractivity (Wildman–Crippen MR) is 75.1 cm³/mol. The van der Waals surface area contributed by atoms with E-state index in [2.05, 4.69) is 0 Å². The fourth-order valence-electron chi connectivity index (χ4n) is 1.92. The largest absolute Gasteiger partial charge is 0.494 e. The summed E-state index contributed by atoms with van der Waals surface area (Å²) < 4.78 is 5.39. The van der Waals surface area contributed by atoms with Crippen LogP contribution in [0.4, 0.5) is 0 Å². The maximum atomic E-state index is 9.93. The van der Waals surface area contributed by atoms with Gasteiger partial charge in [-0.05, 0) is 30.2 Å². The van der Waals surface area contributed by atoms with Gasteiger partial charge in [-0.25, -0.2) is 0 Å². The lowest BCUT2D eigenvalue weighted by molar-refractivity contribution is -0.108. The molecule has 0 atom stereocenters. The van der Waals surface area contributed by atoms with Gasteiger partial charge < -0.3 is 9.94 Å². The minimum Gasteiger partial charge on any atom is -0.494 e. The molecule has 0 aliphatic rings. The zero-order valence-corrected chi connectivity index (χ0v) is 11.1. The number of ether oxygens (including phenoxy) is 1. The number of hydrogen-bond acceptors (Lipinski definition) is 3. The molecular formula is C16H19NO2. The monoisotopic (exact) mass is 257 g/mol. The Hall–Kier alpha value is -1.84. The molecule has 0 unspecified atom stereocenters. The first kappa shape index (κ1) is 13.6. The molecule has 0 amide bonds. The third-order valence-corrected chi connectivity index (χ3v) is 2.81. The highest BCUT2D eigenvalue weighted by atomic mass is 16.5. The van der Waals surface area contributed by atoms with Crippen LogP contribution in [0.5, 0.6) is 5.75 Å². The van der Waals surface area contributed by atoms with E-state index in [0.29, 0.717) is 19.7 Å². The Morgan fingerprint density at radius 1 is 0.895 bits per heavy atom. The molecule has 100 valence electrons. The highest BCUT2D eigenvalue weighted by Gasteiger charge is 2.03. The molecule has 0 radical (unpaired) electrons. The molecule has 0 saturated heterocycles. The molecule has 0 spiro atoms. The molecule has 3 nitrogen and oxygen atoms in total. The molecule has 2 aromatic carbocycles. The van der Waals surface area contributed by atoms with E-state index in [0.717, 1.165) is 16.9 Å². The van der Waals surface area contributed by atoms with Gasteiger partial charge in [0, 0.05) is 13.1 Å². The van der Waals surface area contributed by atoms with Crippen molar-refractivity contribution in [3.8, 4) is 5.75 Å². The van der Waals surface area contributed by atoms with Gasteiger partial charge in [0.1, 0.15) is 5.75 Å². The average Bonchev–Trinajstić information content (AvgIpc) is 2.42. The van der Waals surface area contributed by atoms with E-state index in [-0.39, 0.29) is 0 Å². The summed E-state index contributed by atoms with van der Waals surface area (Å²) in [5, 5.41) is 11.2. The number of nitrogens with zero attached hydrogens (tertiary/aromatic N) is 1. The van der Waals surface area contributed by atoms with Crippen molar-refractivity contribution >= 4 is 0 Å². The van der Waals surface area contributed by atoms with Crippen LogP contribution in [0.1, 0.15) is 18.1 Å². The van der Waals surface area contributed by atoms with Crippen LogP contribution in [0.25, 0.3) is 0 Å². The molecule has 19 heavy (non-hydrogen) atoms. The Morgan fingerprint density at radius 3 is 2.05 bits per heavy atom. The smallest absolute Gasteiger partial charge is 0.119 e. The molecule has 0 aliphatic carbocycles. The Kier molecular flexibility index (Phi) is 4.95. The number of benzene rings is 2. The molecule has 0 saturated carbocycles. The molecule has 0 heterocycles. The SMILES string of the molecule is CCOc1ccc(CN(O)Cc2ccccc2)cc1. The zero-order chi connectivity index (χ0) is 13.5. The summed E-state index contributed by atoms with van der Waals surface area (Å²) in [7, 11) is 0. The molecule has 1 N–H and O–H groups in total. The summed E-state index contributed by atoms with van der Waals surface area (Å²) in [5.74, 6) is 0.860. The first-order valence-electron chi connectivity index (χ1n) is 6.47. The summed E-state index contributed by atoms with van der Waals surface area (Å²) in [6.07, 6.45) is 0.